The second-order valence-electron chi connectivity index (χ2n) is 6.58. The number of nitrogens with one attached hydrogen (secondary N) is 1. The first-order chi connectivity index (χ1) is 12.4. The molecule has 0 aliphatic carbocycles. The molecule has 0 amide bonds. The molecule has 1 aliphatic heterocycles. The highest BCUT2D eigenvalue weighted by molar-refractivity contribution is 7.88. The number of hydrogen-bond acceptors (Lipinski definition) is 3. The molecule has 2 aromatic rings. The summed E-state index contributed by atoms with van der Waals surface area (Å²) >= 11 is 5.92. The Morgan fingerprint density at radius 3 is 2.50 bits per heavy atom. The van der Waals surface area contributed by atoms with Gasteiger partial charge >= 0.3 is 0 Å². The quantitative estimate of drug-likeness (QED) is 0.776. The molecular formula is C19H22ClFN2O2S. The average Bonchev–Trinajstić information content (AvgIpc) is 3.10. The zero-order valence-electron chi connectivity index (χ0n) is 14.4. The molecule has 0 radical (unpaired) electrons. The van der Waals surface area contributed by atoms with Gasteiger partial charge in [0.1, 0.15) is 5.82 Å². The van der Waals surface area contributed by atoms with Crippen LogP contribution in [-0.2, 0) is 28.9 Å². The number of hydrogen-bond donors (Lipinski definition) is 1. The Morgan fingerprint density at radius 1 is 1.08 bits per heavy atom. The molecule has 1 N–H and O–H groups in total. The Kier molecular flexibility index (Phi) is 6.29. The van der Waals surface area contributed by atoms with Crippen molar-refractivity contribution < 1.29 is 12.8 Å². The van der Waals surface area contributed by atoms with Gasteiger partial charge in [-0.2, -0.15) is 0 Å². The molecule has 2 aromatic carbocycles. The first-order valence-corrected chi connectivity index (χ1v) is 10.7. The van der Waals surface area contributed by atoms with Crippen LogP contribution in [0.2, 0.25) is 5.02 Å². The highest BCUT2D eigenvalue weighted by Gasteiger charge is 2.17. The van der Waals surface area contributed by atoms with Crippen molar-refractivity contribution in [1.82, 2.24) is 9.62 Å². The van der Waals surface area contributed by atoms with Gasteiger partial charge in [-0.05, 0) is 49.2 Å². The van der Waals surface area contributed by atoms with Gasteiger partial charge in [0.05, 0.1) is 5.75 Å². The van der Waals surface area contributed by atoms with Crippen molar-refractivity contribution in [2.75, 3.05) is 13.1 Å². The fourth-order valence-corrected chi connectivity index (χ4v) is 4.61. The van der Waals surface area contributed by atoms with E-state index in [0.29, 0.717) is 0 Å². The predicted molar refractivity (Wildman–Crippen MR) is 102 cm³/mol. The highest BCUT2D eigenvalue weighted by atomic mass is 35.5. The number of likely N-dealkylation sites (tertiary alicyclic amines) is 1. The van der Waals surface area contributed by atoms with E-state index in [2.05, 4.69) is 15.7 Å². The standard InChI is InChI=1S/C19H22ClFN2O2S/c20-18-7-4-8-19(21)17(18)14-26(24,25)22-12-15-5-3-6-16(11-15)13-23-9-1-2-10-23/h3-8,11,22H,1-2,9-10,12-14H2. The van der Waals surface area contributed by atoms with Gasteiger partial charge in [0.2, 0.25) is 10.0 Å². The molecule has 1 heterocycles. The molecule has 4 nitrogen and oxygen atoms in total. The minimum Gasteiger partial charge on any atom is -0.299 e. The summed E-state index contributed by atoms with van der Waals surface area (Å²) < 4.78 is 40.9. The maximum atomic E-state index is 13.8. The van der Waals surface area contributed by atoms with Gasteiger partial charge in [-0.25, -0.2) is 17.5 Å². The lowest BCUT2D eigenvalue weighted by molar-refractivity contribution is 0.331. The minimum absolute atomic E-state index is 0.00977. The van der Waals surface area contributed by atoms with Crippen molar-refractivity contribution in [2.24, 2.45) is 0 Å². The monoisotopic (exact) mass is 396 g/mol. The van der Waals surface area contributed by atoms with E-state index in [1.807, 2.05) is 18.2 Å². The van der Waals surface area contributed by atoms with Crippen LogP contribution in [0.1, 0.15) is 29.5 Å². The Hall–Kier alpha value is -1.47. The van der Waals surface area contributed by atoms with Gasteiger partial charge in [0, 0.05) is 23.7 Å². The fourth-order valence-electron chi connectivity index (χ4n) is 3.14. The van der Waals surface area contributed by atoms with Crippen LogP contribution in [-0.4, -0.2) is 26.4 Å². The second kappa shape index (κ2) is 8.48. The summed E-state index contributed by atoms with van der Waals surface area (Å²) in [4.78, 5) is 2.39. The zero-order valence-corrected chi connectivity index (χ0v) is 16.0. The van der Waals surface area contributed by atoms with Gasteiger partial charge < -0.3 is 0 Å². The summed E-state index contributed by atoms with van der Waals surface area (Å²) in [6, 6.07) is 12.0. The van der Waals surface area contributed by atoms with E-state index in [-0.39, 0.29) is 17.1 Å². The molecule has 140 valence electrons. The molecule has 1 fully saturated rings. The number of halogens is 2. The molecule has 0 spiro atoms. The molecule has 0 bridgehead atoms. The lowest BCUT2D eigenvalue weighted by atomic mass is 10.1. The molecule has 0 saturated carbocycles. The Balaban J connectivity index is 1.62. The van der Waals surface area contributed by atoms with E-state index in [0.717, 1.165) is 25.2 Å². The molecule has 1 aliphatic rings. The molecule has 0 aromatic heterocycles. The Labute approximate surface area is 159 Å². The van der Waals surface area contributed by atoms with Gasteiger partial charge in [0.25, 0.3) is 0 Å². The van der Waals surface area contributed by atoms with Gasteiger partial charge in [-0.15, -0.1) is 0 Å². The lowest BCUT2D eigenvalue weighted by Gasteiger charge is -2.15. The molecule has 0 unspecified atom stereocenters. The van der Waals surface area contributed by atoms with Crippen molar-refractivity contribution >= 4 is 21.6 Å². The third kappa shape index (κ3) is 5.27. The van der Waals surface area contributed by atoms with Crippen molar-refractivity contribution in [2.45, 2.75) is 31.7 Å². The first kappa shape index (κ1) is 19.3. The number of sulfonamides is 1. The van der Waals surface area contributed by atoms with E-state index in [4.69, 9.17) is 11.6 Å². The molecule has 3 rings (SSSR count). The Bertz CT molecular complexity index is 847. The summed E-state index contributed by atoms with van der Waals surface area (Å²) in [6.07, 6.45) is 2.47. The maximum Gasteiger partial charge on any atom is 0.216 e. The fraction of sp³-hybridized carbons (Fsp3) is 0.368. The number of benzene rings is 2. The summed E-state index contributed by atoms with van der Waals surface area (Å²) in [5, 5.41) is 0.114. The van der Waals surface area contributed by atoms with E-state index in [1.165, 1.54) is 36.6 Å². The maximum absolute atomic E-state index is 13.8. The normalized spacial score (nSPS) is 15.5. The average molecular weight is 397 g/mol. The topological polar surface area (TPSA) is 49.4 Å². The van der Waals surface area contributed by atoms with Crippen LogP contribution in [0.25, 0.3) is 0 Å². The van der Waals surface area contributed by atoms with Crippen LogP contribution in [0.3, 0.4) is 0 Å². The molecule has 1 saturated heterocycles. The van der Waals surface area contributed by atoms with Gasteiger partial charge in [-0.1, -0.05) is 41.9 Å². The van der Waals surface area contributed by atoms with Crippen LogP contribution in [0.4, 0.5) is 4.39 Å². The molecule has 7 heteroatoms. The first-order valence-electron chi connectivity index (χ1n) is 8.63. The van der Waals surface area contributed by atoms with Crippen LogP contribution >= 0.6 is 11.6 Å². The predicted octanol–water partition coefficient (Wildman–Crippen LogP) is 3.69. The highest BCUT2D eigenvalue weighted by Crippen LogP contribution is 2.21. The third-order valence-corrected chi connectivity index (χ3v) is 6.10. The van der Waals surface area contributed by atoms with Gasteiger partial charge in [-0.3, -0.25) is 4.90 Å². The van der Waals surface area contributed by atoms with E-state index >= 15 is 0 Å². The molecule has 0 atom stereocenters. The van der Waals surface area contributed by atoms with Crippen molar-refractivity contribution in [3.8, 4) is 0 Å². The van der Waals surface area contributed by atoms with Crippen molar-refractivity contribution in [3.05, 3.63) is 70.0 Å². The van der Waals surface area contributed by atoms with E-state index in [9.17, 15) is 12.8 Å². The minimum atomic E-state index is -3.70. The zero-order chi connectivity index (χ0) is 18.6. The summed E-state index contributed by atoms with van der Waals surface area (Å²) in [5.74, 6) is -1.10. The van der Waals surface area contributed by atoms with E-state index in [1.54, 1.807) is 0 Å². The molecule has 26 heavy (non-hydrogen) atoms. The van der Waals surface area contributed by atoms with Crippen molar-refractivity contribution in [3.63, 3.8) is 0 Å². The summed E-state index contributed by atoms with van der Waals surface area (Å²) in [7, 11) is -3.70. The van der Waals surface area contributed by atoms with Crippen LogP contribution < -0.4 is 4.72 Å². The Morgan fingerprint density at radius 2 is 1.77 bits per heavy atom. The largest absolute Gasteiger partial charge is 0.299 e. The summed E-state index contributed by atoms with van der Waals surface area (Å²) in [5.41, 5.74) is 2.04. The van der Waals surface area contributed by atoms with E-state index < -0.39 is 21.6 Å². The van der Waals surface area contributed by atoms with Crippen LogP contribution in [0.15, 0.2) is 42.5 Å². The SMILES string of the molecule is O=S(=O)(Cc1c(F)cccc1Cl)NCc1cccc(CN2CCCC2)c1. The van der Waals surface area contributed by atoms with Crippen molar-refractivity contribution in [1.29, 1.82) is 0 Å². The number of nitrogens with zero attached hydrogens (tertiary/aromatic N) is 1. The lowest BCUT2D eigenvalue weighted by Crippen LogP contribution is -2.25. The summed E-state index contributed by atoms with van der Waals surface area (Å²) in [6.45, 7) is 3.27. The second-order valence-corrected chi connectivity index (χ2v) is 8.80. The third-order valence-electron chi connectivity index (χ3n) is 4.49. The molecular weight excluding hydrogens is 375 g/mol. The smallest absolute Gasteiger partial charge is 0.216 e. The number of rotatable bonds is 7. The van der Waals surface area contributed by atoms with Crippen LogP contribution in [0, 0.1) is 5.82 Å². The van der Waals surface area contributed by atoms with Crippen LogP contribution in [0.5, 0.6) is 0 Å². The van der Waals surface area contributed by atoms with Gasteiger partial charge in [0.15, 0.2) is 0 Å².